The molecule has 0 aliphatic heterocycles. The highest BCUT2D eigenvalue weighted by atomic mass is 31.2. The molecule has 1 atom stereocenters. The molecule has 0 spiro atoms. The Balaban J connectivity index is 4.92. The summed E-state index contributed by atoms with van der Waals surface area (Å²) < 4.78 is 10.6. The fourth-order valence-corrected chi connectivity index (χ4v) is 0.785. The predicted octanol–water partition coefficient (Wildman–Crippen LogP) is -1.60. The highest BCUT2D eigenvalue weighted by Gasteiger charge is 2.47. The average Bonchev–Trinajstić information content (AvgIpc) is 1.83. The van der Waals surface area contributed by atoms with Crippen LogP contribution >= 0.6 is 7.60 Å². The van der Waals surface area contributed by atoms with Crippen LogP contribution in [0.3, 0.4) is 0 Å². The molecule has 0 heterocycles. The third-order valence-electron chi connectivity index (χ3n) is 1.48. The Morgan fingerprint density at radius 1 is 1.64 bits per heavy atom. The quantitative estimate of drug-likeness (QED) is 0.392. The molecule has 7 heteroatoms. The van der Waals surface area contributed by atoms with Crippen molar-refractivity contribution >= 4 is 13.5 Å². The van der Waals surface area contributed by atoms with Crippen LogP contribution in [0.1, 0.15) is 6.92 Å². The normalized spacial score (nSPS) is 17.5. The van der Waals surface area contributed by atoms with Gasteiger partial charge in [-0.05, 0) is 6.92 Å². The summed E-state index contributed by atoms with van der Waals surface area (Å²) >= 11 is 0. The van der Waals surface area contributed by atoms with Crippen LogP contribution in [0.2, 0.25) is 0 Å². The van der Waals surface area contributed by atoms with Gasteiger partial charge in [0.1, 0.15) is 0 Å². The Morgan fingerprint density at radius 2 is 2.00 bits per heavy atom. The smallest absolute Gasteiger partial charge is 0.343 e. The minimum Gasteiger partial charge on any atom is -0.395 e. The van der Waals surface area contributed by atoms with Gasteiger partial charge in [0.15, 0.2) is 5.16 Å². The molecule has 0 rings (SSSR count). The summed E-state index contributed by atoms with van der Waals surface area (Å²) in [6.07, 6.45) is 0. The van der Waals surface area contributed by atoms with E-state index in [-0.39, 0.29) is 0 Å². The standard InChI is InChI=1S/C4H10NO5P/c1-4(2-6,3(5)7)11(8,9)10/h6H,2H2,1H3,(H2,5,7)(H2,8,9,10). The molecule has 5 N–H and O–H groups in total. The van der Waals surface area contributed by atoms with Crippen LogP contribution in [-0.4, -0.2) is 32.6 Å². The average molecular weight is 183 g/mol. The molecule has 0 radical (unpaired) electrons. The zero-order valence-electron chi connectivity index (χ0n) is 5.89. The summed E-state index contributed by atoms with van der Waals surface area (Å²) in [5, 5.41) is 6.34. The second-order valence-corrected chi connectivity index (χ2v) is 4.42. The van der Waals surface area contributed by atoms with Crippen molar-refractivity contribution in [2.24, 2.45) is 5.73 Å². The number of aliphatic hydroxyl groups is 1. The van der Waals surface area contributed by atoms with Crippen LogP contribution in [0, 0.1) is 0 Å². The van der Waals surface area contributed by atoms with E-state index >= 15 is 0 Å². The zero-order chi connectivity index (χ0) is 9.28. The van der Waals surface area contributed by atoms with Crippen molar-refractivity contribution < 1.29 is 24.3 Å². The maximum Gasteiger partial charge on any atom is 0.343 e. The van der Waals surface area contributed by atoms with E-state index in [1.165, 1.54) is 0 Å². The van der Waals surface area contributed by atoms with Gasteiger partial charge in [0.25, 0.3) is 0 Å². The zero-order valence-corrected chi connectivity index (χ0v) is 6.78. The van der Waals surface area contributed by atoms with E-state index in [1.54, 1.807) is 0 Å². The molecule has 0 saturated carbocycles. The van der Waals surface area contributed by atoms with Crippen LogP contribution in [0.15, 0.2) is 0 Å². The number of hydrogen-bond donors (Lipinski definition) is 4. The van der Waals surface area contributed by atoms with Crippen molar-refractivity contribution in [2.45, 2.75) is 12.1 Å². The third-order valence-corrected chi connectivity index (χ3v) is 3.13. The molecule has 0 aromatic carbocycles. The molecule has 0 aliphatic rings. The van der Waals surface area contributed by atoms with Gasteiger partial charge >= 0.3 is 7.60 Å². The second-order valence-electron chi connectivity index (χ2n) is 2.34. The number of rotatable bonds is 3. The van der Waals surface area contributed by atoms with Gasteiger partial charge in [0, 0.05) is 0 Å². The summed E-state index contributed by atoms with van der Waals surface area (Å²) in [5.41, 5.74) is 4.68. The molecule has 0 bridgehead atoms. The van der Waals surface area contributed by atoms with Crippen LogP contribution < -0.4 is 5.73 Å². The van der Waals surface area contributed by atoms with E-state index in [0.29, 0.717) is 0 Å². The Labute approximate surface area is 63.2 Å². The number of aliphatic hydroxyl groups excluding tert-OH is 1. The van der Waals surface area contributed by atoms with Gasteiger partial charge in [-0.15, -0.1) is 0 Å². The van der Waals surface area contributed by atoms with Crippen LogP contribution in [-0.2, 0) is 9.36 Å². The molecule has 11 heavy (non-hydrogen) atoms. The Hall–Kier alpha value is -0.420. The molecule has 0 saturated heterocycles. The van der Waals surface area contributed by atoms with E-state index < -0.39 is 25.3 Å². The van der Waals surface area contributed by atoms with E-state index in [1.807, 2.05) is 0 Å². The largest absolute Gasteiger partial charge is 0.395 e. The van der Waals surface area contributed by atoms with Crippen molar-refractivity contribution in [1.82, 2.24) is 0 Å². The van der Waals surface area contributed by atoms with Gasteiger partial charge in [-0.3, -0.25) is 9.36 Å². The van der Waals surface area contributed by atoms with Gasteiger partial charge in [0.05, 0.1) is 6.61 Å². The van der Waals surface area contributed by atoms with E-state index in [9.17, 15) is 9.36 Å². The maximum atomic E-state index is 10.6. The molecule has 0 aromatic rings. The minimum atomic E-state index is -4.67. The van der Waals surface area contributed by atoms with Gasteiger partial charge in [0.2, 0.25) is 5.91 Å². The lowest BCUT2D eigenvalue weighted by Crippen LogP contribution is -2.43. The molecule has 1 unspecified atom stereocenters. The number of hydrogen-bond acceptors (Lipinski definition) is 3. The highest BCUT2D eigenvalue weighted by molar-refractivity contribution is 7.54. The molecule has 0 fully saturated rings. The second kappa shape index (κ2) is 2.91. The van der Waals surface area contributed by atoms with Gasteiger partial charge < -0.3 is 20.6 Å². The van der Waals surface area contributed by atoms with E-state index in [4.69, 9.17) is 14.9 Å². The molecular weight excluding hydrogens is 173 g/mol. The number of carbonyl (C=O) groups excluding carboxylic acids is 1. The Kier molecular flexibility index (Phi) is 2.79. The lowest BCUT2D eigenvalue weighted by atomic mass is 10.2. The molecule has 0 aromatic heterocycles. The summed E-state index contributed by atoms with van der Waals surface area (Å²) in [6, 6.07) is 0. The fourth-order valence-electron chi connectivity index (χ4n) is 0.314. The first-order valence-electron chi connectivity index (χ1n) is 2.72. The van der Waals surface area contributed by atoms with Gasteiger partial charge in [-0.25, -0.2) is 0 Å². The lowest BCUT2D eigenvalue weighted by molar-refractivity contribution is -0.121. The summed E-state index contributed by atoms with van der Waals surface area (Å²) in [6.45, 7) is -0.0529. The van der Waals surface area contributed by atoms with Gasteiger partial charge in [-0.2, -0.15) is 0 Å². The molecule has 6 nitrogen and oxygen atoms in total. The summed E-state index contributed by atoms with van der Waals surface area (Å²) in [7, 11) is -4.67. The Morgan fingerprint density at radius 3 is 2.00 bits per heavy atom. The van der Waals surface area contributed by atoms with Crippen molar-refractivity contribution in [2.75, 3.05) is 6.61 Å². The number of carbonyl (C=O) groups is 1. The van der Waals surface area contributed by atoms with Crippen molar-refractivity contribution in [3.8, 4) is 0 Å². The Bertz CT molecular complexity index is 211. The highest BCUT2D eigenvalue weighted by Crippen LogP contribution is 2.49. The number of nitrogens with two attached hydrogens (primary N) is 1. The first-order chi connectivity index (χ1) is 4.75. The molecule has 0 aliphatic carbocycles. The van der Waals surface area contributed by atoms with Crippen molar-refractivity contribution in [3.05, 3.63) is 0 Å². The van der Waals surface area contributed by atoms with Crippen LogP contribution in [0.5, 0.6) is 0 Å². The predicted molar refractivity (Wildman–Crippen MR) is 36.7 cm³/mol. The topological polar surface area (TPSA) is 121 Å². The fraction of sp³-hybridized carbons (Fsp3) is 0.750. The minimum absolute atomic E-state index is 0.913. The summed E-state index contributed by atoms with van der Waals surface area (Å²) in [5.74, 6) is -1.21. The molecule has 1 amide bonds. The third kappa shape index (κ3) is 1.78. The van der Waals surface area contributed by atoms with Crippen LogP contribution in [0.4, 0.5) is 0 Å². The SMILES string of the molecule is CC(CO)(C(N)=O)P(=O)(O)O. The molecule has 66 valence electrons. The van der Waals surface area contributed by atoms with E-state index in [2.05, 4.69) is 5.73 Å². The summed E-state index contributed by atoms with van der Waals surface area (Å²) in [4.78, 5) is 27.6. The lowest BCUT2D eigenvalue weighted by Gasteiger charge is -2.23. The number of amides is 1. The maximum absolute atomic E-state index is 10.6. The number of primary amides is 1. The van der Waals surface area contributed by atoms with Crippen molar-refractivity contribution in [3.63, 3.8) is 0 Å². The first kappa shape index (κ1) is 10.6. The molecular formula is C4H10NO5P. The van der Waals surface area contributed by atoms with E-state index in [0.717, 1.165) is 6.92 Å². The van der Waals surface area contributed by atoms with Crippen molar-refractivity contribution in [1.29, 1.82) is 0 Å². The monoisotopic (exact) mass is 183 g/mol. The van der Waals surface area contributed by atoms with Crippen LogP contribution in [0.25, 0.3) is 0 Å². The van der Waals surface area contributed by atoms with Gasteiger partial charge in [-0.1, -0.05) is 0 Å². The first-order valence-corrected chi connectivity index (χ1v) is 4.33.